The molecule has 0 aromatic rings. The number of hydrogen-bond acceptors (Lipinski definition) is 3. The van der Waals surface area contributed by atoms with E-state index in [1.807, 2.05) is 0 Å². The lowest BCUT2D eigenvalue weighted by atomic mass is 10.00. The Labute approximate surface area is 79.0 Å². The van der Waals surface area contributed by atoms with Crippen LogP contribution in [-0.4, -0.2) is 35.9 Å². The van der Waals surface area contributed by atoms with Crippen molar-refractivity contribution < 1.29 is 15.0 Å². The molecule has 4 nitrogen and oxygen atoms in total. The van der Waals surface area contributed by atoms with Crippen molar-refractivity contribution in [3.63, 3.8) is 0 Å². The molecule has 0 unspecified atom stereocenters. The second-order valence-electron chi connectivity index (χ2n) is 3.12. The second kappa shape index (κ2) is 8.01. The fraction of sp³-hybridized carbons (Fsp3) is 0.889. The Morgan fingerprint density at radius 2 is 1.92 bits per heavy atom. The Morgan fingerprint density at radius 1 is 1.46 bits per heavy atom. The predicted molar refractivity (Wildman–Crippen MR) is 50.6 cm³/mol. The van der Waals surface area contributed by atoms with Crippen molar-refractivity contribution in [1.82, 2.24) is 5.32 Å². The molecule has 0 atom stereocenters. The van der Waals surface area contributed by atoms with E-state index in [1.165, 1.54) is 0 Å². The number of carbonyl (C=O) groups is 1. The van der Waals surface area contributed by atoms with Crippen molar-refractivity contribution in [2.45, 2.75) is 26.2 Å². The molecule has 0 saturated carbocycles. The van der Waals surface area contributed by atoms with Gasteiger partial charge >= 0.3 is 5.97 Å². The minimum atomic E-state index is -0.745. The molecule has 1 saturated heterocycles. The van der Waals surface area contributed by atoms with E-state index in [4.69, 9.17) is 10.2 Å². The third-order valence-corrected chi connectivity index (χ3v) is 2.02. The third-order valence-electron chi connectivity index (χ3n) is 2.02. The van der Waals surface area contributed by atoms with E-state index >= 15 is 0 Å². The van der Waals surface area contributed by atoms with Crippen LogP contribution in [0.25, 0.3) is 0 Å². The Morgan fingerprint density at radius 3 is 2.15 bits per heavy atom. The number of piperidine rings is 1. The standard InChI is InChI=1S/C6H13NO.C3H6O2/c8-5-6-1-3-7-4-2-6;1-2-3(4)5/h6-8H,1-5H2;2H2,1H3,(H,4,5). The average Bonchev–Trinajstić information content (AvgIpc) is 2.20. The van der Waals surface area contributed by atoms with Crippen molar-refractivity contribution in [2.75, 3.05) is 19.7 Å². The number of nitrogens with one attached hydrogen (secondary N) is 1. The summed E-state index contributed by atoms with van der Waals surface area (Å²) in [6.07, 6.45) is 2.52. The van der Waals surface area contributed by atoms with Crippen LogP contribution in [0, 0.1) is 5.92 Å². The van der Waals surface area contributed by atoms with Gasteiger partial charge in [-0.25, -0.2) is 0 Å². The Hall–Kier alpha value is -0.610. The summed E-state index contributed by atoms with van der Waals surface area (Å²) in [5.41, 5.74) is 0. The summed E-state index contributed by atoms with van der Waals surface area (Å²) in [5.74, 6) is -0.166. The van der Waals surface area contributed by atoms with Crippen LogP contribution in [0.1, 0.15) is 26.2 Å². The molecule has 0 radical (unpaired) electrons. The maximum absolute atomic E-state index is 9.37. The Balaban J connectivity index is 0.000000252. The highest BCUT2D eigenvalue weighted by Crippen LogP contribution is 2.08. The minimum absolute atomic E-state index is 0.222. The summed E-state index contributed by atoms with van der Waals surface area (Å²) in [7, 11) is 0. The fourth-order valence-corrected chi connectivity index (χ4v) is 1.06. The first-order valence-corrected chi connectivity index (χ1v) is 4.74. The average molecular weight is 189 g/mol. The van der Waals surface area contributed by atoms with E-state index in [-0.39, 0.29) is 6.42 Å². The highest BCUT2D eigenvalue weighted by molar-refractivity contribution is 5.66. The van der Waals surface area contributed by atoms with E-state index in [0.717, 1.165) is 25.9 Å². The first-order valence-electron chi connectivity index (χ1n) is 4.74. The SMILES string of the molecule is CCC(=O)O.OCC1CCNCC1. The second-order valence-corrected chi connectivity index (χ2v) is 3.12. The van der Waals surface area contributed by atoms with Crippen LogP contribution in [0.4, 0.5) is 0 Å². The van der Waals surface area contributed by atoms with Crippen LogP contribution in [-0.2, 0) is 4.79 Å². The van der Waals surface area contributed by atoms with Gasteiger partial charge < -0.3 is 15.5 Å². The number of rotatable bonds is 2. The summed E-state index contributed by atoms with van der Waals surface area (Å²) >= 11 is 0. The Bertz CT molecular complexity index is 133. The van der Waals surface area contributed by atoms with E-state index in [9.17, 15) is 4.79 Å². The van der Waals surface area contributed by atoms with E-state index in [2.05, 4.69) is 5.32 Å². The van der Waals surface area contributed by atoms with Gasteiger partial charge in [-0.2, -0.15) is 0 Å². The molecule has 0 amide bonds. The maximum atomic E-state index is 9.37. The summed E-state index contributed by atoms with van der Waals surface area (Å²) < 4.78 is 0. The molecule has 0 aromatic heterocycles. The zero-order valence-electron chi connectivity index (χ0n) is 8.12. The summed E-state index contributed by atoms with van der Waals surface area (Å²) in [4.78, 5) is 9.37. The molecule has 0 aromatic carbocycles. The summed E-state index contributed by atoms with van der Waals surface area (Å²) in [6, 6.07) is 0. The van der Waals surface area contributed by atoms with Gasteiger partial charge in [0.15, 0.2) is 0 Å². The lowest BCUT2D eigenvalue weighted by molar-refractivity contribution is -0.136. The normalized spacial score (nSPS) is 17.4. The van der Waals surface area contributed by atoms with Crippen molar-refractivity contribution in [3.05, 3.63) is 0 Å². The molecule has 1 aliphatic rings. The molecule has 78 valence electrons. The molecular formula is C9H19NO3. The lowest BCUT2D eigenvalue weighted by Crippen LogP contribution is -2.29. The van der Waals surface area contributed by atoms with Gasteiger partial charge in [0.25, 0.3) is 0 Å². The van der Waals surface area contributed by atoms with Crippen LogP contribution in [0.5, 0.6) is 0 Å². The van der Waals surface area contributed by atoms with Crippen LogP contribution >= 0.6 is 0 Å². The number of aliphatic hydroxyl groups excluding tert-OH is 1. The molecule has 1 heterocycles. The molecule has 1 aliphatic heterocycles. The van der Waals surface area contributed by atoms with Crippen molar-refractivity contribution in [1.29, 1.82) is 0 Å². The fourth-order valence-electron chi connectivity index (χ4n) is 1.06. The van der Waals surface area contributed by atoms with E-state index < -0.39 is 5.97 Å². The highest BCUT2D eigenvalue weighted by atomic mass is 16.4. The van der Waals surface area contributed by atoms with Gasteiger partial charge in [0.05, 0.1) is 0 Å². The largest absolute Gasteiger partial charge is 0.481 e. The van der Waals surface area contributed by atoms with Gasteiger partial charge in [-0.05, 0) is 31.8 Å². The highest BCUT2D eigenvalue weighted by Gasteiger charge is 2.09. The van der Waals surface area contributed by atoms with Gasteiger partial charge in [0.1, 0.15) is 0 Å². The van der Waals surface area contributed by atoms with Gasteiger partial charge in [-0.3, -0.25) is 4.79 Å². The van der Waals surface area contributed by atoms with Crippen LogP contribution < -0.4 is 5.32 Å². The molecule has 13 heavy (non-hydrogen) atoms. The van der Waals surface area contributed by atoms with E-state index in [1.54, 1.807) is 6.92 Å². The quantitative estimate of drug-likeness (QED) is 0.590. The molecule has 0 bridgehead atoms. The minimum Gasteiger partial charge on any atom is -0.481 e. The third kappa shape index (κ3) is 7.74. The van der Waals surface area contributed by atoms with Crippen molar-refractivity contribution in [2.24, 2.45) is 5.92 Å². The summed E-state index contributed by atoms with van der Waals surface area (Å²) in [5, 5.41) is 19.6. The zero-order chi connectivity index (χ0) is 10.1. The van der Waals surface area contributed by atoms with E-state index in [0.29, 0.717) is 12.5 Å². The molecular weight excluding hydrogens is 170 g/mol. The van der Waals surface area contributed by atoms with Crippen molar-refractivity contribution in [3.8, 4) is 0 Å². The number of aliphatic hydroxyl groups is 1. The van der Waals surface area contributed by atoms with Gasteiger partial charge in [0, 0.05) is 13.0 Å². The van der Waals surface area contributed by atoms with Crippen LogP contribution in [0.2, 0.25) is 0 Å². The molecule has 0 spiro atoms. The molecule has 3 N–H and O–H groups in total. The predicted octanol–water partition coefficient (Wildman–Crippen LogP) is 0.459. The lowest BCUT2D eigenvalue weighted by Gasteiger charge is -2.19. The van der Waals surface area contributed by atoms with Gasteiger partial charge in [-0.15, -0.1) is 0 Å². The zero-order valence-corrected chi connectivity index (χ0v) is 8.12. The van der Waals surface area contributed by atoms with Gasteiger partial charge in [0.2, 0.25) is 0 Å². The first-order chi connectivity index (χ1) is 6.20. The molecule has 1 rings (SSSR count). The number of aliphatic carboxylic acids is 1. The topological polar surface area (TPSA) is 69.6 Å². The molecule has 0 aliphatic carbocycles. The monoisotopic (exact) mass is 189 g/mol. The van der Waals surface area contributed by atoms with Crippen LogP contribution in [0.3, 0.4) is 0 Å². The first kappa shape index (κ1) is 12.4. The molecule has 4 heteroatoms. The van der Waals surface area contributed by atoms with Crippen LogP contribution in [0.15, 0.2) is 0 Å². The number of hydrogen-bond donors (Lipinski definition) is 3. The van der Waals surface area contributed by atoms with Gasteiger partial charge in [-0.1, -0.05) is 6.92 Å². The molecule has 1 fully saturated rings. The Kier molecular flexibility index (Phi) is 7.63. The number of carboxylic acids is 1. The van der Waals surface area contributed by atoms with Crippen molar-refractivity contribution >= 4 is 5.97 Å². The smallest absolute Gasteiger partial charge is 0.303 e. The number of carboxylic acid groups (broad SMARTS) is 1. The summed E-state index contributed by atoms with van der Waals surface area (Å²) in [6.45, 7) is 4.15. The maximum Gasteiger partial charge on any atom is 0.303 e.